The molecular formula is C43H42F2N2O6. The minimum absolute atomic E-state index is 0.0395. The Labute approximate surface area is 307 Å². The first kappa shape index (κ1) is 38.5. The van der Waals surface area contributed by atoms with E-state index in [9.17, 15) is 23.2 Å². The molecule has 0 fully saturated rings. The minimum atomic E-state index is -0.879. The average molecular weight is 721 g/mol. The molecule has 0 bridgehead atoms. The second kappa shape index (κ2) is 18.7. The van der Waals surface area contributed by atoms with E-state index in [1.54, 1.807) is 55.5 Å². The van der Waals surface area contributed by atoms with Gasteiger partial charge in [0.1, 0.15) is 35.0 Å². The Kier molecular flexibility index (Phi) is 13.6. The Morgan fingerprint density at radius 3 is 2.23 bits per heavy atom. The molecule has 0 aliphatic heterocycles. The molecule has 0 aliphatic rings. The van der Waals surface area contributed by atoms with Crippen molar-refractivity contribution in [1.29, 1.82) is 0 Å². The Hall–Kier alpha value is -5.71. The van der Waals surface area contributed by atoms with Gasteiger partial charge in [-0.2, -0.15) is 0 Å². The van der Waals surface area contributed by atoms with Crippen LogP contribution in [0.25, 0.3) is 0 Å². The van der Waals surface area contributed by atoms with Crippen LogP contribution < -0.4 is 20.5 Å². The molecule has 3 N–H and O–H groups in total. The van der Waals surface area contributed by atoms with E-state index in [1.807, 2.05) is 36.4 Å². The lowest BCUT2D eigenvalue weighted by atomic mass is 10.0. The fourth-order valence-corrected chi connectivity index (χ4v) is 5.73. The molecule has 5 aromatic rings. The highest BCUT2D eigenvalue weighted by Crippen LogP contribution is 2.26. The van der Waals surface area contributed by atoms with Crippen LogP contribution in [-0.2, 0) is 28.9 Å². The molecular weight excluding hydrogens is 678 g/mol. The number of hydrogen-bond donors (Lipinski definition) is 2. The van der Waals surface area contributed by atoms with E-state index in [2.05, 4.69) is 18.3 Å². The largest absolute Gasteiger partial charge is 0.459 e. The standard InChI is InChI=1S/C43H42F2N2O6/c1-3-29-9-7-10-30(20-29)26-47-27-41(38(46)23-31-21-33(44)25-34(45)22-31)52-42(49)18-16-39(48)37-19-28(2)15-17-40(37)53-43(50)32-11-8-14-36(24-32)51-35-12-5-4-6-13-35/h4-15,17,19-22,24-25,38,41,47H,3,16,18,23,26-27,46H2,1-2H3/t38-,41+/m0/s1. The number of ketones is 1. The Morgan fingerprint density at radius 2 is 1.47 bits per heavy atom. The van der Waals surface area contributed by atoms with Crippen LogP contribution >= 0.6 is 0 Å². The van der Waals surface area contributed by atoms with Crippen LogP contribution in [0.1, 0.15) is 62.7 Å². The van der Waals surface area contributed by atoms with E-state index in [-0.39, 0.29) is 42.7 Å². The van der Waals surface area contributed by atoms with E-state index in [4.69, 9.17) is 19.9 Å². The number of nitrogens with one attached hydrogen (secondary N) is 1. The summed E-state index contributed by atoms with van der Waals surface area (Å²) in [5, 5.41) is 3.27. The first-order valence-corrected chi connectivity index (χ1v) is 17.4. The summed E-state index contributed by atoms with van der Waals surface area (Å²) in [5.41, 5.74) is 10.1. The Morgan fingerprint density at radius 1 is 0.755 bits per heavy atom. The lowest BCUT2D eigenvalue weighted by Crippen LogP contribution is -2.46. The maximum Gasteiger partial charge on any atom is 0.343 e. The van der Waals surface area contributed by atoms with Crippen LogP contribution in [0, 0.1) is 18.6 Å². The van der Waals surface area contributed by atoms with E-state index in [1.165, 1.54) is 23.8 Å². The lowest BCUT2D eigenvalue weighted by molar-refractivity contribution is -0.149. The number of carbonyl (C=O) groups is 3. The number of esters is 2. The molecule has 274 valence electrons. The summed E-state index contributed by atoms with van der Waals surface area (Å²) >= 11 is 0. The lowest BCUT2D eigenvalue weighted by Gasteiger charge is -2.25. The van der Waals surface area contributed by atoms with Gasteiger partial charge in [0, 0.05) is 31.6 Å². The van der Waals surface area contributed by atoms with E-state index in [0.717, 1.165) is 23.6 Å². The van der Waals surface area contributed by atoms with Crippen LogP contribution in [0.4, 0.5) is 8.78 Å². The summed E-state index contributed by atoms with van der Waals surface area (Å²) in [6.07, 6.45) is -0.475. The van der Waals surface area contributed by atoms with Crippen molar-refractivity contribution in [2.24, 2.45) is 5.73 Å². The van der Waals surface area contributed by atoms with Crippen LogP contribution in [0.3, 0.4) is 0 Å². The third-order valence-electron chi connectivity index (χ3n) is 8.47. The highest BCUT2D eigenvalue weighted by molar-refractivity contribution is 6.01. The molecule has 0 saturated heterocycles. The molecule has 5 rings (SSSR count). The van der Waals surface area contributed by atoms with Crippen molar-refractivity contribution in [3.63, 3.8) is 0 Å². The van der Waals surface area contributed by atoms with Crippen molar-refractivity contribution in [1.82, 2.24) is 5.32 Å². The van der Waals surface area contributed by atoms with Gasteiger partial charge in [-0.15, -0.1) is 0 Å². The van der Waals surface area contributed by atoms with Crippen LogP contribution in [0.15, 0.2) is 115 Å². The molecule has 0 aromatic heterocycles. The molecule has 0 spiro atoms. The fourth-order valence-electron chi connectivity index (χ4n) is 5.73. The Bertz CT molecular complexity index is 2020. The van der Waals surface area contributed by atoms with Gasteiger partial charge < -0.3 is 25.3 Å². The van der Waals surface area contributed by atoms with Gasteiger partial charge in [-0.3, -0.25) is 9.59 Å². The van der Waals surface area contributed by atoms with E-state index in [0.29, 0.717) is 23.6 Å². The predicted molar refractivity (Wildman–Crippen MR) is 198 cm³/mol. The van der Waals surface area contributed by atoms with Crippen LogP contribution in [0.2, 0.25) is 0 Å². The summed E-state index contributed by atoms with van der Waals surface area (Å²) in [6.45, 7) is 4.49. The molecule has 0 heterocycles. The highest BCUT2D eigenvalue weighted by atomic mass is 19.1. The first-order chi connectivity index (χ1) is 25.6. The molecule has 0 amide bonds. The third-order valence-corrected chi connectivity index (χ3v) is 8.47. The van der Waals surface area contributed by atoms with Crippen LogP contribution in [0.5, 0.6) is 17.2 Å². The zero-order valence-corrected chi connectivity index (χ0v) is 29.6. The van der Waals surface area contributed by atoms with Gasteiger partial charge in [-0.25, -0.2) is 13.6 Å². The third kappa shape index (κ3) is 11.6. The SMILES string of the molecule is CCc1cccc(CNC[C@@H](OC(=O)CCC(=O)c2cc(C)ccc2OC(=O)c2cccc(Oc3ccccc3)c2)[C@@H](N)Cc2cc(F)cc(F)c2)c1. The predicted octanol–water partition coefficient (Wildman–Crippen LogP) is 8.08. The quantitative estimate of drug-likeness (QED) is 0.0563. The van der Waals surface area contributed by atoms with Crippen molar-refractivity contribution in [2.75, 3.05) is 6.54 Å². The van der Waals surface area contributed by atoms with Crippen molar-refractivity contribution in [2.45, 2.75) is 58.2 Å². The molecule has 5 aromatic carbocycles. The monoisotopic (exact) mass is 720 g/mol. The summed E-state index contributed by atoms with van der Waals surface area (Å²) < 4.78 is 45.1. The van der Waals surface area contributed by atoms with Gasteiger partial charge in [0.2, 0.25) is 0 Å². The molecule has 0 aliphatic carbocycles. The molecule has 8 nitrogen and oxygen atoms in total. The maximum atomic E-state index is 13.9. The number of carbonyl (C=O) groups excluding carboxylic acids is 3. The average Bonchev–Trinajstić information content (AvgIpc) is 3.14. The van der Waals surface area contributed by atoms with Gasteiger partial charge in [-0.1, -0.05) is 67.1 Å². The second-order valence-corrected chi connectivity index (χ2v) is 12.7. The number of Topliss-reactive ketones (excluding diaryl/α,β-unsaturated/α-hetero) is 1. The summed E-state index contributed by atoms with van der Waals surface area (Å²) in [6, 6.07) is 30.8. The molecule has 2 atom stereocenters. The number of rotatable bonds is 17. The zero-order valence-electron chi connectivity index (χ0n) is 29.6. The zero-order chi connectivity index (χ0) is 37.7. The summed E-state index contributed by atoms with van der Waals surface area (Å²) in [5.74, 6) is -2.18. The van der Waals surface area contributed by atoms with Crippen molar-refractivity contribution in [3.05, 3.63) is 160 Å². The molecule has 0 unspecified atom stereocenters. The van der Waals surface area contributed by atoms with Crippen molar-refractivity contribution in [3.8, 4) is 17.2 Å². The van der Waals surface area contributed by atoms with Crippen molar-refractivity contribution >= 4 is 17.7 Å². The fraction of sp³-hybridized carbons (Fsp3) is 0.233. The highest BCUT2D eigenvalue weighted by Gasteiger charge is 2.25. The molecule has 0 saturated carbocycles. The number of para-hydroxylation sites is 1. The first-order valence-electron chi connectivity index (χ1n) is 17.4. The van der Waals surface area contributed by atoms with E-state index < -0.39 is 41.5 Å². The molecule has 10 heteroatoms. The Balaban J connectivity index is 1.23. The van der Waals surface area contributed by atoms with Crippen molar-refractivity contribution < 1.29 is 37.4 Å². The normalized spacial score (nSPS) is 12.1. The summed E-state index contributed by atoms with van der Waals surface area (Å²) in [4.78, 5) is 39.8. The maximum absolute atomic E-state index is 13.9. The topological polar surface area (TPSA) is 117 Å². The van der Waals surface area contributed by atoms with Gasteiger partial charge in [0.15, 0.2) is 5.78 Å². The van der Waals surface area contributed by atoms with Gasteiger partial charge in [-0.05, 0) is 91.1 Å². The smallest absolute Gasteiger partial charge is 0.343 e. The second-order valence-electron chi connectivity index (χ2n) is 12.7. The minimum Gasteiger partial charge on any atom is -0.459 e. The van der Waals surface area contributed by atoms with Gasteiger partial charge in [0.05, 0.1) is 17.5 Å². The van der Waals surface area contributed by atoms with Gasteiger partial charge >= 0.3 is 11.9 Å². The summed E-state index contributed by atoms with van der Waals surface area (Å²) in [7, 11) is 0. The number of nitrogens with two attached hydrogens (primary N) is 1. The van der Waals surface area contributed by atoms with Crippen LogP contribution in [-0.4, -0.2) is 36.4 Å². The van der Waals surface area contributed by atoms with E-state index >= 15 is 0 Å². The number of hydrogen-bond acceptors (Lipinski definition) is 8. The molecule has 53 heavy (non-hydrogen) atoms. The number of aryl methyl sites for hydroxylation is 2. The number of ether oxygens (including phenoxy) is 3. The number of halogens is 2. The van der Waals surface area contributed by atoms with Gasteiger partial charge in [0.25, 0.3) is 0 Å². The molecule has 0 radical (unpaired) electrons. The number of benzene rings is 5.